The van der Waals surface area contributed by atoms with E-state index in [1.165, 1.54) is 12.8 Å². The Labute approximate surface area is 131 Å². The average molecular weight is 304 g/mol. The summed E-state index contributed by atoms with van der Waals surface area (Å²) in [5.41, 5.74) is 6.61. The second kappa shape index (κ2) is 7.11. The summed E-state index contributed by atoms with van der Waals surface area (Å²) in [6, 6.07) is 7.29. The summed E-state index contributed by atoms with van der Waals surface area (Å²) in [5.74, 6) is 1.28. The topological polar surface area (TPSA) is 73.6 Å². The first-order valence-corrected chi connectivity index (χ1v) is 8.10. The fraction of sp³-hybridized carbons (Fsp3) is 0.588. The number of hydrogen-bond acceptors (Lipinski definition) is 4. The lowest BCUT2D eigenvalue weighted by Crippen LogP contribution is -2.38. The molecule has 1 aliphatic heterocycles. The molecule has 2 fully saturated rings. The van der Waals surface area contributed by atoms with E-state index in [0.717, 1.165) is 25.2 Å². The smallest absolute Gasteiger partial charge is 0.251 e. The first-order chi connectivity index (χ1) is 10.7. The monoisotopic (exact) mass is 304 g/mol. The number of nitrogens with one attached hydrogen (secondary N) is 1. The third-order valence-corrected chi connectivity index (χ3v) is 4.30. The zero-order chi connectivity index (χ0) is 15.4. The van der Waals surface area contributed by atoms with Crippen LogP contribution in [0.25, 0.3) is 0 Å². The van der Waals surface area contributed by atoms with Gasteiger partial charge in [0.1, 0.15) is 12.4 Å². The Bertz CT molecular complexity index is 493. The molecule has 0 radical (unpaired) electrons. The van der Waals surface area contributed by atoms with Crippen LogP contribution in [0.15, 0.2) is 24.3 Å². The molecule has 1 heterocycles. The molecule has 2 aliphatic rings. The maximum atomic E-state index is 12.0. The van der Waals surface area contributed by atoms with Crippen molar-refractivity contribution in [1.29, 1.82) is 0 Å². The van der Waals surface area contributed by atoms with Crippen LogP contribution in [0.4, 0.5) is 0 Å². The van der Waals surface area contributed by atoms with E-state index in [4.69, 9.17) is 15.2 Å². The van der Waals surface area contributed by atoms with Gasteiger partial charge in [0.2, 0.25) is 0 Å². The Morgan fingerprint density at radius 2 is 2.09 bits per heavy atom. The molecular weight excluding hydrogens is 280 g/mol. The number of carbonyl (C=O) groups is 1. The van der Waals surface area contributed by atoms with Gasteiger partial charge in [-0.1, -0.05) is 0 Å². The van der Waals surface area contributed by atoms with E-state index >= 15 is 0 Å². The molecule has 1 saturated heterocycles. The summed E-state index contributed by atoms with van der Waals surface area (Å²) in [7, 11) is 0. The molecule has 22 heavy (non-hydrogen) atoms. The van der Waals surface area contributed by atoms with Gasteiger partial charge in [-0.05, 0) is 55.9 Å². The van der Waals surface area contributed by atoms with Crippen molar-refractivity contribution in [2.75, 3.05) is 19.8 Å². The van der Waals surface area contributed by atoms with Crippen LogP contribution in [-0.2, 0) is 4.74 Å². The Kier molecular flexibility index (Phi) is 4.95. The molecule has 2 unspecified atom stereocenters. The Morgan fingerprint density at radius 1 is 1.32 bits per heavy atom. The minimum absolute atomic E-state index is 0.0815. The standard InChI is InChI=1S/C17H24N2O3/c18-16(12-3-4-12)10-19-17(20)13-5-7-14(8-6-13)22-11-15-2-1-9-21-15/h5-8,12,15-16H,1-4,9-11,18H2,(H,19,20). The van der Waals surface area contributed by atoms with Crippen LogP contribution in [0, 0.1) is 5.92 Å². The molecule has 5 nitrogen and oxygen atoms in total. The molecule has 120 valence electrons. The molecule has 0 spiro atoms. The number of hydrogen-bond donors (Lipinski definition) is 2. The zero-order valence-corrected chi connectivity index (χ0v) is 12.8. The van der Waals surface area contributed by atoms with Crippen molar-refractivity contribution >= 4 is 5.91 Å². The number of carbonyl (C=O) groups excluding carboxylic acids is 1. The molecule has 1 aromatic rings. The van der Waals surface area contributed by atoms with Crippen LogP contribution in [0.3, 0.4) is 0 Å². The first kappa shape index (κ1) is 15.3. The van der Waals surface area contributed by atoms with Gasteiger partial charge >= 0.3 is 0 Å². The number of ether oxygens (including phenoxy) is 2. The molecule has 1 saturated carbocycles. The lowest BCUT2D eigenvalue weighted by molar-refractivity contribution is 0.0679. The average Bonchev–Trinajstić information content (AvgIpc) is 3.27. The highest BCUT2D eigenvalue weighted by Crippen LogP contribution is 2.31. The molecule has 0 aromatic heterocycles. The van der Waals surface area contributed by atoms with Crippen molar-refractivity contribution in [1.82, 2.24) is 5.32 Å². The highest BCUT2D eigenvalue weighted by molar-refractivity contribution is 5.94. The first-order valence-electron chi connectivity index (χ1n) is 8.10. The van der Waals surface area contributed by atoms with Crippen LogP contribution in [-0.4, -0.2) is 37.8 Å². The molecular formula is C17H24N2O3. The fourth-order valence-electron chi connectivity index (χ4n) is 2.67. The van der Waals surface area contributed by atoms with Gasteiger partial charge < -0.3 is 20.5 Å². The molecule has 5 heteroatoms. The predicted molar refractivity (Wildman–Crippen MR) is 83.9 cm³/mol. The summed E-state index contributed by atoms with van der Waals surface area (Å²) < 4.78 is 11.2. The maximum Gasteiger partial charge on any atom is 0.251 e. The summed E-state index contributed by atoms with van der Waals surface area (Å²) in [5, 5.41) is 2.89. The van der Waals surface area contributed by atoms with Crippen molar-refractivity contribution in [2.24, 2.45) is 11.7 Å². The van der Waals surface area contributed by atoms with Gasteiger partial charge in [-0.25, -0.2) is 0 Å². The SMILES string of the molecule is NC(CNC(=O)c1ccc(OCC2CCCO2)cc1)C1CC1. The fourth-order valence-corrected chi connectivity index (χ4v) is 2.67. The van der Waals surface area contributed by atoms with E-state index in [0.29, 0.717) is 24.6 Å². The molecule has 3 rings (SSSR count). The van der Waals surface area contributed by atoms with Crippen molar-refractivity contribution in [3.8, 4) is 5.75 Å². The van der Waals surface area contributed by atoms with E-state index in [1.54, 1.807) is 12.1 Å². The van der Waals surface area contributed by atoms with E-state index < -0.39 is 0 Å². The van der Waals surface area contributed by atoms with Crippen LogP contribution in [0.5, 0.6) is 5.75 Å². The third-order valence-electron chi connectivity index (χ3n) is 4.30. The molecule has 1 aliphatic carbocycles. The Balaban J connectivity index is 1.44. The highest BCUT2D eigenvalue weighted by atomic mass is 16.5. The normalized spacial score (nSPS) is 22.3. The van der Waals surface area contributed by atoms with Crippen molar-refractivity contribution in [3.05, 3.63) is 29.8 Å². The van der Waals surface area contributed by atoms with Crippen LogP contribution >= 0.6 is 0 Å². The van der Waals surface area contributed by atoms with Crippen LogP contribution in [0.1, 0.15) is 36.0 Å². The lowest BCUT2D eigenvalue weighted by atomic mass is 10.1. The van der Waals surface area contributed by atoms with Crippen molar-refractivity contribution in [3.63, 3.8) is 0 Å². The number of benzene rings is 1. The number of rotatable bonds is 7. The van der Waals surface area contributed by atoms with Crippen LogP contribution < -0.4 is 15.8 Å². The lowest BCUT2D eigenvalue weighted by Gasteiger charge is -2.13. The second-order valence-electron chi connectivity index (χ2n) is 6.18. The minimum atomic E-state index is -0.0817. The highest BCUT2D eigenvalue weighted by Gasteiger charge is 2.28. The van der Waals surface area contributed by atoms with Crippen molar-refractivity contribution in [2.45, 2.75) is 37.8 Å². The summed E-state index contributed by atoms with van der Waals surface area (Å²) in [4.78, 5) is 12.0. The Morgan fingerprint density at radius 3 is 2.73 bits per heavy atom. The van der Waals surface area contributed by atoms with Crippen LogP contribution in [0.2, 0.25) is 0 Å². The van der Waals surface area contributed by atoms with Gasteiger partial charge in [0.15, 0.2) is 0 Å². The second-order valence-corrected chi connectivity index (χ2v) is 6.18. The third kappa shape index (κ3) is 4.21. The minimum Gasteiger partial charge on any atom is -0.491 e. The van der Waals surface area contributed by atoms with Gasteiger partial charge in [0.05, 0.1) is 6.10 Å². The van der Waals surface area contributed by atoms with Gasteiger partial charge in [-0.2, -0.15) is 0 Å². The van der Waals surface area contributed by atoms with Gasteiger partial charge in [-0.15, -0.1) is 0 Å². The molecule has 3 N–H and O–H groups in total. The Hall–Kier alpha value is -1.59. The van der Waals surface area contributed by atoms with Gasteiger partial charge in [0.25, 0.3) is 5.91 Å². The maximum absolute atomic E-state index is 12.0. The van der Waals surface area contributed by atoms with E-state index in [2.05, 4.69) is 5.32 Å². The van der Waals surface area contributed by atoms with E-state index in [-0.39, 0.29) is 18.1 Å². The number of nitrogens with two attached hydrogens (primary N) is 1. The quantitative estimate of drug-likeness (QED) is 0.804. The van der Waals surface area contributed by atoms with Gasteiger partial charge in [0, 0.05) is 24.8 Å². The zero-order valence-electron chi connectivity index (χ0n) is 12.8. The summed E-state index contributed by atoms with van der Waals surface area (Å²) in [6.45, 7) is 1.94. The summed E-state index contributed by atoms with van der Waals surface area (Å²) >= 11 is 0. The molecule has 0 bridgehead atoms. The predicted octanol–water partition coefficient (Wildman–Crippen LogP) is 1.71. The largest absolute Gasteiger partial charge is 0.491 e. The molecule has 2 atom stereocenters. The van der Waals surface area contributed by atoms with Gasteiger partial charge in [-0.3, -0.25) is 4.79 Å². The number of amides is 1. The van der Waals surface area contributed by atoms with E-state index in [1.807, 2.05) is 12.1 Å². The molecule has 1 amide bonds. The summed E-state index contributed by atoms with van der Waals surface area (Å²) in [6.07, 6.45) is 4.74. The molecule has 1 aromatic carbocycles. The van der Waals surface area contributed by atoms with E-state index in [9.17, 15) is 4.79 Å². The van der Waals surface area contributed by atoms with Crippen molar-refractivity contribution < 1.29 is 14.3 Å².